The Hall–Kier alpha value is -2.03. The second-order valence-corrected chi connectivity index (χ2v) is 14.9. The molecule has 37 heavy (non-hydrogen) atoms. The van der Waals surface area contributed by atoms with Gasteiger partial charge in [-0.15, -0.1) is 0 Å². The van der Waals surface area contributed by atoms with Gasteiger partial charge >= 0.3 is 12.2 Å². The summed E-state index contributed by atoms with van der Waals surface area (Å²) in [5.41, 5.74) is -1.36. The number of piperidine rings is 1. The topological polar surface area (TPSA) is 117 Å². The molecule has 0 aromatic rings. The fourth-order valence-corrected chi connectivity index (χ4v) is 4.62. The van der Waals surface area contributed by atoms with Crippen LogP contribution >= 0.6 is 0 Å². The van der Waals surface area contributed by atoms with Gasteiger partial charge in [0.2, 0.25) is 5.91 Å². The largest absolute Gasteiger partial charge is 0.444 e. The number of nitrogens with one attached hydrogen (secondary N) is 2. The van der Waals surface area contributed by atoms with E-state index in [9.17, 15) is 14.4 Å². The van der Waals surface area contributed by atoms with Crippen molar-refractivity contribution in [2.24, 2.45) is 16.2 Å². The summed E-state index contributed by atoms with van der Waals surface area (Å²) in [5.74, 6) is 0.197. The van der Waals surface area contributed by atoms with E-state index in [-0.39, 0.29) is 46.9 Å². The van der Waals surface area contributed by atoms with Crippen molar-refractivity contribution in [2.45, 2.75) is 132 Å². The van der Waals surface area contributed by atoms with Crippen molar-refractivity contribution >= 4 is 18.1 Å². The van der Waals surface area contributed by atoms with Crippen molar-refractivity contribution in [3.63, 3.8) is 0 Å². The molecule has 2 aliphatic heterocycles. The minimum atomic E-state index is -0.516. The van der Waals surface area contributed by atoms with Crippen molar-refractivity contribution < 1.29 is 29.0 Å². The number of rotatable bonds is 3. The van der Waals surface area contributed by atoms with Gasteiger partial charge in [0.1, 0.15) is 11.2 Å². The predicted molar refractivity (Wildman–Crippen MR) is 145 cm³/mol. The maximum absolute atomic E-state index is 12.4. The highest BCUT2D eigenvalue weighted by atomic mass is 16.6. The second kappa shape index (κ2) is 11.4. The molecule has 0 saturated carbocycles. The summed E-state index contributed by atoms with van der Waals surface area (Å²) < 4.78 is 10.5. The Kier molecular flexibility index (Phi) is 10.1. The number of carbonyl (C=O) groups is 3. The van der Waals surface area contributed by atoms with Gasteiger partial charge in [-0.1, -0.05) is 48.5 Å². The van der Waals surface area contributed by atoms with Crippen LogP contribution in [0, 0.1) is 16.2 Å². The third-order valence-corrected chi connectivity index (χ3v) is 6.82. The van der Waals surface area contributed by atoms with E-state index in [4.69, 9.17) is 14.6 Å². The fourth-order valence-electron chi connectivity index (χ4n) is 4.62. The molecule has 3 amide bonds. The Morgan fingerprint density at radius 2 is 1.46 bits per heavy atom. The molecule has 1 unspecified atom stereocenters. The average molecular weight is 528 g/mol. The van der Waals surface area contributed by atoms with Crippen LogP contribution in [0.15, 0.2) is 0 Å². The zero-order chi connectivity index (χ0) is 29.2. The van der Waals surface area contributed by atoms with Crippen molar-refractivity contribution in [1.29, 1.82) is 0 Å². The molecule has 0 radical (unpaired) electrons. The van der Waals surface area contributed by atoms with Gasteiger partial charge in [-0.3, -0.25) is 4.79 Å². The Labute approximate surface area is 224 Å². The molecule has 9 heteroatoms. The quantitative estimate of drug-likeness (QED) is 0.483. The van der Waals surface area contributed by atoms with E-state index in [1.54, 1.807) is 20.8 Å². The summed E-state index contributed by atoms with van der Waals surface area (Å²) in [7, 11) is 0. The Morgan fingerprint density at radius 3 is 1.89 bits per heavy atom. The first-order valence-electron chi connectivity index (χ1n) is 13.3. The zero-order valence-electron chi connectivity index (χ0n) is 25.5. The molecule has 0 spiro atoms. The lowest BCUT2D eigenvalue weighted by atomic mass is 9.70. The summed E-state index contributed by atoms with van der Waals surface area (Å²) in [6.45, 7) is 25.8. The van der Waals surface area contributed by atoms with Gasteiger partial charge in [-0.2, -0.15) is 0 Å². The van der Waals surface area contributed by atoms with E-state index in [2.05, 4.69) is 38.3 Å². The highest BCUT2D eigenvalue weighted by molar-refractivity contribution is 5.79. The molecule has 2 heterocycles. The number of amides is 3. The summed E-state index contributed by atoms with van der Waals surface area (Å²) in [4.78, 5) is 37.9. The van der Waals surface area contributed by atoms with Gasteiger partial charge in [-0.25, -0.2) is 9.59 Å². The minimum Gasteiger partial charge on any atom is -0.444 e. The van der Waals surface area contributed by atoms with Crippen LogP contribution in [0.4, 0.5) is 9.59 Å². The lowest BCUT2D eigenvalue weighted by molar-refractivity contribution is -0.140. The Morgan fingerprint density at radius 1 is 0.973 bits per heavy atom. The molecular formula is C28H53N3O6. The number of ether oxygens (including phenoxy) is 2. The highest BCUT2D eigenvalue weighted by Crippen LogP contribution is 2.47. The smallest absolute Gasteiger partial charge is 0.407 e. The molecule has 2 aliphatic rings. The summed E-state index contributed by atoms with van der Waals surface area (Å²) in [6.07, 6.45) is 0.658. The number of alkyl carbamates (subject to hydrolysis) is 2. The molecule has 3 atom stereocenters. The molecule has 9 nitrogen and oxygen atoms in total. The first-order chi connectivity index (χ1) is 16.4. The van der Waals surface area contributed by atoms with Crippen LogP contribution in [0.2, 0.25) is 0 Å². The van der Waals surface area contributed by atoms with Gasteiger partial charge in [0.15, 0.2) is 0 Å². The number of nitrogens with zero attached hydrogens (tertiary/aromatic N) is 1. The lowest BCUT2D eigenvalue weighted by Gasteiger charge is -2.44. The van der Waals surface area contributed by atoms with E-state index in [0.717, 1.165) is 6.42 Å². The second-order valence-electron chi connectivity index (χ2n) is 14.9. The van der Waals surface area contributed by atoms with Gasteiger partial charge in [-0.05, 0) is 58.8 Å². The summed E-state index contributed by atoms with van der Waals surface area (Å²) >= 11 is 0. The van der Waals surface area contributed by atoms with Crippen molar-refractivity contribution in [1.82, 2.24) is 15.5 Å². The monoisotopic (exact) mass is 527 g/mol. The van der Waals surface area contributed by atoms with Gasteiger partial charge in [0.05, 0.1) is 18.7 Å². The van der Waals surface area contributed by atoms with E-state index in [0.29, 0.717) is 13.0 Å². The standard InChI is InChI=1S/C17H30N2O3.C11H23NO3/c1-15(2,3)22-14(21)18-11-10-19-12(17(11,6)7)8-16(4,5)9-13(19)20;1-10(2,3)8(7-13)12-9(14)15-11(4,5)6/h11-12H,8-10H2,1-7H3,(H,18,21);8,13H,7H2,1-6H3,(H,12,14)/t11-,12?;8-/m11/s1. The van der Waals surface area contributed by atoms with E-state index in [1.165, 1.54) is 0 Å². The number of hydrogen-bond donors (Lipinski definition) is 3. The van der Waals surface area contributed by atoms with Crippen molar-refractivity contribution in [2.75, 3.05) is 13.2 Å². The molecule has 0 aromatic heterocycles. The van der Waals surface area contributed by atoms with E-state index >= 15 is 0 Å². The van der Waals surface area contributed by atoms with E-state index < -0.39 is 23.4 Å². The van der Waals surface area contributed by atoms with Gasteiger partial charge < -0.3 is 30.1 Å². The molecule has 2 saturated heterocycles. The summed E-state index contributed by atoms with van der Waals surface area (Å²) in [6, 6.07) is -0.207. The number of fused-ring (bicyclic) bond motifs is 1. The number of carbonyl (C=O) groups excluding carboxylic acids is 3. The predicted octanol–water partition coefficient (Wildman–Crippen LogP) is 4.85. The Balaban J connectivity index is 0.000000401. The van der Waals surface area contributed by atoms with Crippen LogP contribution < -0.4 is 10.6 Å². The molecule has 0 aromatic carbocycles. The van der Waals surface area contributed by atoms with Crippen LogP contribution in [0.5, 0.6) is 0 Å². The maximum atomic E-state index is 12.4. The molecule has 2 rings (SSSR count). The number of aliphatic hydroxyl groups is 1. The first-order valence-corrected chi connectivity index (χ1v) is 13.3. The maximum Gasteiger partial charge on any atom is 0.407 e. The van der Waals surface area contributed by atoms with Crippen LogP contribution in [0.25, 0.3) is 0 Å². The fraction of sp³-hybridized carbons (Fsp3) is 0.893. The van der Waals surface area contributed by atoms with Gasteiger partial charge in [0, 0.05) is 24.4 Å². The minimum absolute atomic E-state index is 0.0241. The normalized spacial score (nSPS) is 23.7. The van der Waals surface area contributed by atoms with Crippen molar-refractivity contribution in [3.05, 3.63) is 0 Å². The molecule has 0 aliphatic carbocycles. The molecule has 0 bridgehead atoms. The molecule has 216 valence electrons. The third-order valence-electron chi connectivity index (χ3n) is 6.82. The number of hydrogen-bond acceptors (Lipinski definition) is 6. The van der Waals surface area contributed by atoms with Crippen LogP contribution in [-0.4, -0.2) is 70.6 Å². The van der Waals surface area contributed by atoms with Crippen LogP contribution in [-0.2, 0) is 14.3 Å². The molecule has 2 fully saturated rings. The molecular weight excluding hydrogens is 474 g/mol. The third kappa shape index (κ3) is 10.3. The first kappa shape index (κ1) is 33.0. The SMILES string of the molecule is CC(C)(C)OC(=O)N[C@H](CO)C(C)(C)C.CC1(C)CC(=O)N2C[C@@H](NC(=O)OC(C)(C)C)C(C)(C)C2C1. The van der Waals surface area contributed by atoms with E-state index in [1.807, 2.05) is 46.4 Å². The lowest BCUT2D eigenvalue weighted by Crippen LogP contribution is -2.50. The van der Waals surface area contributed by atoms with Crippen LogP contribution in [0.3, 0.4) is 0 Å². The van der Waals surface area contributed by atoms with Gasteiger partial charge in [0.25, 0.3) is 0 Å². The highest BCUT2D eigenvalue weighted by Gasteiger charge is 2.54. The van der Waals surface area contributed by atoms with Crippen LogP contribution in [0.1, 0.15) is 103 Å². The van der Waals surface area contributed by atoms with Crippen molar-refractivity contribution in [3.8, 4) is 0 Å². The summed E-state index contributed by atoms with van der Waals surface area (Å²) in [5, 5.41) is 14.8. The zero-order valence-corrected chi connectivity index (χ0v) is 25.5. The molecule has 3 N–H and O–H groups in total. The number of aliphatic hydroxyl groups excluding tert-OH is 1. The Bertz CT molecular complexity index is 817. The average Bonchev–Trinajstić information content (AvgIpc) is 2.86.